The summed E-state index contributed by atoms with van der Waals surface area (Å²) in [5.41, 5.74) is 11.9. The SMILES string of the molecule is CS(C)(C)(C)(NC(N)=O)ONC(N)=O. The van der Waals surface area contributed by atoms with E-state index in [1.807, 2.05) is 5.48 Å². The van der Waals surface area contributed by atoms with Gasteiger partial charge in [-0.3, -0.25) is 4.72 Å². The van der Waals surface area contributed by atoms with Crippen LogP contribution in [-0.4, -0.2) is 37.1 Å². The maximum Gasteiger partial charge on any atom is 0.337 e. The number of nitrogens with one attached hydrogen (secondary N) is 2. The monoisotopic (exact) mass is 226 g/mol. The number of carbonyl (C=O) groups is 2. The van der Waals surface area contributed by atoms with Crippen molar-refractivity contribution in [1.82, 2.24) is 10.2 Å². The smallest absolute Gasteiger partial charge is 0.337 e. The Morgan fingerprint density at radius 1 is 1.07 bits per heavy atom. The Morgan fingerprint density at radius 3 is 1.79 bits per heavy atom. The van der Waals surface area contributed by atoms with Crippen LogP contribution in [0.2, 0.25) is 0 Å². The summed E-state index contributed by atoms with van der Waals surface area (Å²) in [5, 5.41) is 0. The topological polar surface area (TPSA) is 119 Å². The van der Waals surface area contributed by atoms with Crippen molar-refractivity contribution >= 4 is 20.8 Å². The molecule has 14 heavy (non-hydrogen) atoms. The van der Waals surface area contributed by atoms with Crippen molar-refractivity contribution in [3.63, 3.8) is 0 Å². The van der Waals surface area contributed by atoms with Crippen LogP contribution in [0.1, 0.15) is 0 Å². The molecule has 0 aromatic rings. The van der Waals surface area contributed by atoms with Crippen LogP contribution < -0.4 is 21.7 Å². The third-order valence-electron chi connectivity index (χ3n) is 1.07. The molecule has 86 valence electrons. The van der Waals surface area contributed by atoms with Crippen LogP contribution in [0.5, 0.6) is 0 Å². The van der Waals surface area contributed by atoms with Crippen LogP contribution in [0, 0.1) is 0 Å². The molecule has 0 radical (unpaired) electrons. The number of amides is 4. The van der Waals surface area contributed by atoms with Crippen molar-refractivity contribution in [2.75, 3.05) is 25.0 Å². The zero-order valence-corrected chi connectivity index (χ0v) is 9.60. The summed E-state index contributed by atoms with van der Waals surface area (Å²) in [4.78, 5) is 21.3. The first kappa shape index (κ1) is 12.8. The lowest BCUT2D eigenvalue weighted by Gasteiger charge is -2.66. The van der Waals surface area contributed by atoms with Gasteiger partial charge in [-0.15, -0.1) is 8.76 Å². The Labute approximate surface area is 82.1 Å². The maximum absolute atomic E-state index is 10.8. The number of rotatable bonds is 3. The third kappa shape index (κ3) is 5.49. The van der Waals surface area contributed by atoms with E-state index in [2.05, 4.69) is 4.72 Å². The Hall–Kier alpha value is -1.15. The number of hydrogen-bond acceptors (Lipinski definition) is 3. The highest BCUT2D eigenvalue weighted by Gasteiger charge is 2.44. The van der Waals surface area contributed by atoms with Gasteiger partial charge >= 0.3 is 12.1 Å². The fraction of sp³-hybridized carbons (Fsp3) is 0.667. The quantitative estimate of drug-likeness (QED) is 0.485. The Bertz CT molecular complexity index is 280. The lowest BCUT2D eigenvalue weighted by atomic mass is 11.2. The van der Waals surface area contributed by atoms with Crippen molar-refractivity contribution < 1.29 is 13.9 Å². The maximum atomic E-state index is 10.8. The van der Waals surface area contributed by atoms with Gasteiger partial charge in [-0.1, -0.05) is 0 Å². The Morgan fingerprint density at radius 2 is 1.50 bits per heavy atom. The average Bonchev–Trinajstić information content (AvgIpc) is 1.78. The van der Waals surface area contributed by atoms with Crippen molar-refractivity contribution in [2.24, 2.45) is 11.5 Å². The van der Waals surface area contributed by atoms with Crippen LogP contribution >= 0.6 is 8.76 Å². The summed E-state index contributed by atoms with van der Waals surface area (Å²) >= 11 is 0. The molecule has 0 fully saturated rings. The van der Waals surface area contributed by atoms with Gasteiger partial charge in [0.25, 0.3) is 0 Å². The minimum Gasteiger partial charge on any atom is -0.351 e. The first-order chi connectivity index (χ1) is 5.84. The molecule has 0 bridgehead atoms. The molecule has 0 unspecified atom stereocenters. The van der Waals surface area contributed by atoms with E-state index >= 15 is 0 Å². The molecule has 0 saturated carbocycles. The lowest BCUT2D eigenvalue weighted by Crippen LogP contribution is -2.55. The van der Waals surface area contributed by atoms with Crippen LogP contribution in [0.4, 0.5) is 9.59 Å². The predicted molar refractivity (Wildman–Crippen MR) is 57.8 cm³/mol. The number of nitrogens with two attached hydrogens (primary N) is 2. The number of urea groups is 2. The van der Waals surface area contributed by atoms with Gasteiger partial charge in [0, 0.05) is 0 Å². The van der Waals surface area contributed by atoms with Gasteiger partial charge in [-0.2, -0.15) is 0 Å². The summed E-state index contributed by atoms with van der Waals surface area (Å²) in [6.07, 6.45) is 6.61. The largest absolute Gasteiger partial charge is 0.351 e. The molecule has 0 saturated heterocycles. The summed E-state index contributed by atoms with van der Waals surface area (Å²) in [6, 6.07) is -1.57. The first-order valence-electron chi connectivity index (χ1n) is 3.69. The van der Waals surface area contributed by atoms with E-state index in [-0.39, 0.29) is 0 Å². The van der Waals surface area contributed by atoms with Gasteiger partial charge in [0.05, 0.1) is 0 Å². The van der Waals surface area contributed by atoms with Crippen LogP contribution in [0.25, 0.3) is 0 Å². The van der Waals surface area contributed by atoms with Gasteiger partial charge in [0.15, 0.2) is 0 Å². The molecule has 0 rings (SSSR count). The van der Waals surface area contributed by atoms with Crippen molar-refractivity contribution in [3.8, 4) is 0 Å². The van der Waals surface area contributed by atoms with E-state index in [1.165, 1.54) is 0 Å². The normalized spacial score (nSPS) is 16.3. The van der Waals surface area contributed by atoms with E-state index in [1.54, 1.807) is 25.0 Å². The number of carbonyl (C=O) groups excluding carboxylic acids is 2. The molecule has 0 aliphatic heterocycles. The van der Waals surface area contributed by atoms with Crippen molar-refractivity contribution in [3.05, 3.63) is 0 Å². The van der Waals surface area contributed by atoms with Gasteiger partial charge < -0.3 is 11.5 Å². The molecule has 7 nitrogen and oxygen atoms in total. The Balaban J connectivity index is 4.78. The minimum absolute atomic E-state index is 0.729. The summed E-state index contributed by atoms with van der Waals surface area (Å²) in [6.45, 7) is 0. The molecule has 0 spiro atoms. The lowest BCUT2D eigenvalue weighted by molar-refractivity contribution is 0.191. The van der Waals surface area contributed by atoms with Gasteiger partial charge in [-0.05, 0) is 25.0 Å². The second kappa shape index (κ2) is 2.67. The zero-order chi connectivity index (χ0) is 11.7. The minimum atomic E-state index is -3.37. The average molecular weight is 226 g/mol. The van der Waals surface area contributed by atoms with Crippen molar-refractivity contribution in [2.45, 2.75) is 0 Å². The molecule has 0 atom stereocenters. The highest BCUT2D eigenvalue weighted by atomic mass is 32.4. The number of hydrogen-bond donors (Lipinski definition) is 4. The predicted octanol–water partition coefficient (Wildman–Crippen LogP) is -0.520. The van der Waals surface area contributed by atoms with Crippen LogP contribution in [0.3, 0.4) is 0 Å². The second-order valence-corrected chi connectivity index (χ2v) is 13.4. The summed E-state index contributed by atoms with van der Waals surface area (Å²) < 4.78 is 7.65. The zero-order valence-electron chi connectivity index (χ0n) is 8.79. The highest BCUT2D eigenvalue weighted by molar-refractivity contribution is 8.58. The van der Waals surface area contributed by atoms with Crippen LogP contribution in [0.15, 0.2) is 0 Å². The molecule has 0 aliphatic rings. The third-order valence-corrected chi connectivity index (χ3v) is 3.00. The fourth-order valence-electron chi connectivity index (χ4n) is 0.693. The van der Waals surface area contributed by atoms with E-state index in [4.69, 9.17) is 15.8 Å². The molecular formula is C6H18N4O3S. The summed E-state index contributed by atoms with van der Waals surface area (Å²) in [7, 11) is -3.37. The highest BCUT2D eigenvalue weighted by Crippen LogP contribution is 2.74. The fourth-order valence-corrected chi connectivity index (χ4v) is 2.08. The van der Waals surface area contributed by atoms with E-state index in [0.29, 0.717) is 0 Å². The molecule has 4 amide bonds. The first-order valence-corrected chi connectivity index (χ1v) is 7.70. The van der Waals surface area contributed by atoms with E-state index in [0.717, 1.165) is 0 Å². The van der Waals surface area contributed by atoms with Gasteiger partial charge in [0.2, 0.25) is 0 Å². The second-order valence-electron chi connectivity index (χ2n) is 5.03. The molecule has 0 aliphatic carbocycles. The Kier molecular flexibility index (Phi) is 2.45. The molecule has 6 N–H and O–H groups in total. The molecule has 0 aromatic carbocycles. The van der Waals surface area contributed by atoms with Gasteiger partial charge in [0.1, 0.15) is 0 Å². The molecule has 0 heterocycles. The number of hydroxylamine groups is 1. The molecule has 0 aromatic heterocycles. The standard InChI is InChI=1S/C6H18N4O3S/c1-14(2,3,4,10-6(8)12)13-9-5(7)11/h1-4H3,(H3,7,9,11)(H3,8,10,12). The van der Waals surface area contributed by atoms with E-state index < -0.39 is 20.8 Å². The molecule has 8 heteroatoms. The van der Waals surface area contributed by atoms with Gasteiger partial charge in [-0.25, -0.2) is 19.4 Å². The van der Waals surface area contributed by atoms with Crippen LogP contribution in [-0.2, 0) is 4.28 Å². The van der Waals surface area contributed by atoms with Crippen molar-refractivity contribution in [1.29, 1.82) is 0 Å². The summed E-state index contributed by atoms with van der Waals surface area (Å²) in [5.74, 6) is 0. The number of primary amides is 2. The molecular weight excluding hydrogens is 208 g/mol. The van der Waals surface area contributed by atoms with E-state index in [9.17, 15) is 9.59 Å².